The lowest BCUT2D eigenvalue weighted by Gasteiger charge is -2.09. The number of rotatable bonds is 3. The molecule has 1 fully saturated rings. The average Bonchev–Trinajstić information content (AvgIpc) is 2.83. The summed E-state index contributed by atoms with van der Waals surface area (Å²) in [6, 6.07) is 0. The summed E-state index contributed by atoms with van der Waals surface area (Å²) >= 11 is 7.45. The molecule has 2 rings (SSSR count). The van der Waals surface area contributed by atoms with Crippen LogP contribution >= 0.6 is 35.3 Å². The SMILES string of the molecule is O=C(O)CN1C(=O)/C(=C/c2nccs2)SC1=S. The van der Waals surface area contributed by atoms with Gasteiger partial charge in [0.1, 0.15) is 15.9 Å². The molecule has 0 atom stereocenters. The van der Waals surface area contributed by atoms with Crippen LogP contribution in [0.4, 0.5) is 0 Å². The zero-order valence-corrected chi connectivity index (χ0v) is 10.8. The van der Waals surface area contributed by atoms with Gasteiger partial charge in [0.2, 0.25) is 0 Å². The number of nitrogens with zero attached hydrogens (tertiary/aromatic N) is 2. The predicted molar refractivity (Wildman–Crippen MR) is 69.6 cm³/mol. The van der Waals surface area contributed by atoms with Crippen LogP contribution in [0.3, 0.4) is 0 Å². The second kappa shape index (κ2) is 4.94. The van der Waals surface area contributed by atoms with Crippen molar-refractivity contribution in [1.82, 2.24) is 9.88 Å². The topological polar surface area (TPSA) is 70.5 Å². The minimum atomic E-state index is -1.09. The monoisotopic (exact) mass is 286 g/mol. The van der Waals surface area contributed by atoms with E-state index in [4.69, 9.17) is 17.3 Å². The van der Waals surface area contributed by atoms with Gasteiger partial charge in [-0.15, -0.1) is 11.3 Å². The normalized spacial score (nSPS) is 18.1. The van der Waals surface area contributed by atoms with E-state index in [1.165, 1.54) is 11.3 Å². The third kappa shape index (κ3) is 2.71. The van der Waals surface area contributed by atoms with Crippen LogP contribution in [0.2, 0.25) is 0 Å². The molecule has 1 aliphatic rings. The van der Waals surface area contributed by atoms with Gasteiger partial charge in [-0.2, -0.15) is 0 Å². The first-order valence-electron chi connectivity index (χ1n) is 4.44. The molecule has 0 bridgehead atoms. The van der Waals surface area contributed by atoms with E-state index in [9.17, 15) is 9.59 Å². The largest absolute Gasteiger partial charge is 0.480 e. The second-order valence-corrected chi connectivity index (χ2v) is 5.63. The molecule has 1 aliphatic heterocycles. The lowest BCUT2D eigenvalue weighted by atomic mass is 10.4. The van der Waals surface area contributed by atoms with Crippen molar-refractivity contribution in [2.24, 2.45) is 0 Å². The van der Waals surface area contributed by atoms with Crippen molar-refractivity contribution in [3.05, 3.63) is 21.5 Å². The van der Waals surface area contributed by atoms with E-state index in [1.807, 2.05) is 0 Å². The third-order valence-corrected chi connectivity index (χ3v) is 3.97. The number of carbonyl (C=O) groups is 2. The second-order valence-electron chi connectivity index (χ2n) is 3.03. The van der Waals surface area contributed by atoms with Gasteiger partial charge in [0, 0.05) is 11.6 Å². The lowest BCUT2D eigenvalue weighted by Crippen LogP contribution is -2.33. The Morgan fingerprint density at radius 3 is 3.00 bits per heavy atom. The van der Waals surface area contributed by atoms with Crippen LogP contribution in [0.25, 0.3) is 6.08 Å². The van der Waals surface area contributed by atoms with Crippen molar-refractivity contribution in [1.29, 1.82) is 0 Å². The molecule has 1 aromatic heterocycles. The Morgan fingerprint density at radius 2 is 2.41 bits per heavy atom. The smallest absolute Gasteiger partial charge is 0.323 e. The molecule has 1 amide bonds. The summed E-state index contributed by atoms with van der Waals surface area (Å²) in [5.74, 6) is -1.46. The van der Waals surface area contributed by atoms with Crippen molar-refractivity contribution in [3.63, 3.8) is 0 Å². The number of thiazole rings is 1. The molecular formula is C9H6N2O3S3. The Kier molecular flexibility index (Phi) is 3.55. The van der Waals surface area contributed by atoms with Crippen LogP contribution in [-0.2, 0) is 9.59 Å². The molecule has 17 heavy (non-hydrogen) atoms. The summed E-state index contributed by atoms with van der Waals surface area (Å²) in [7, 11) is 0. The van der Waals surface area contributed by atoms with Gasteiger partial charge in [0.05, 0.1) is 4.91 Å². The third-order valence-electron chi connectivity index (χ3n) is 1.87. The summed E-state index contributed by atoms with van der Waals surface area (Å²) < 4.78 is 0.264. The van der Waals surface area contributed by atoms with E-state index in [-0.39, 0.29) is 10.2 Å². The first-order chi connectivity index (χ1) is 8.08. The van der Waals surface area contributed by atoms with Gasteiger partial charge in [0.15, 0.2) is 0 Å². The Balaban J connectivity index is 2.21. The number of carboxylic acids is 1. The summed E-state index contributed by atoms with van der Waals surface area (Å²) in [4.78, 5) is 27.9. The zero-order valence-electron chi connectivity index (χ0n) is 8.32. The highest BCUT2D eigenvalue weighted by Crippen LogP contribution is 2.32. The van der Waals surface area contributed by atoms with E-state index >= 15 is 0 Å². The Bertz CT molecular complexity index is 510. The quantitative estimate of drug-likeness (QED) is 0.669. The first kappa shape index (κ1) is 12.2. The molecule has 0 unspecified atom stereocenters. The number of aromatic nitrogens is 1. The van der Waals surface area contributed by atoms with E-state index in [0.29, 0.717) is 9.91 Å². The highest BCUT2D eigenvalue weighted by atomic mass is 32.2. The number of hydrogen-bond donors (Lipinski definition) is 1. The molecule has 0 spiro atoms. The van der Waals surface area contributed by atoms with Crippen LogP contribution in [0, 0.1) is 0 Å². The van der Waals surface area contributed by atoms with Crippen LogP contribution in [0.15, 0.2) is 16.5 Å². The molecular weight excluding hydrogens is 280 g/mol. The van der Waals surface area contributed by atoms with Gasteiger partial charge >= 0.3 is 5.97 Å². The number of hydrogen-bond acceptors (Lipinski definition) is 6. The molecule has 1 saturated heterocycles. The Hall–Kier alpha value is -1.25. The average molecular weight is 286 g/mol. The van der Waals surface area contributed by atoms with Crippen LogP contribution in [-0.4, -0.2) is 37.7 Å². The van der Waals surface area contributed by atoms with Crippen molar-refractivity contribution in [2.75, 3.05) is 6.54 Å². The van der Waals surface area contributed by atoms with Gasteiger partial charge < -0.3 is 5.11 Å². The number of thiocarbonyl (C=S) groups is 1. The van der Waals surface area contributed by atoms with Gasteiger partial charge in [-0.1, -0.05) is 24.0 Å². The van der Waals surface area contributed by atoms with Crippen molar-refractivity contribution in [2.45, 2.75) is 0 Å². The van der Waals surface area contributed by atoms with E-state index in [0.717, 1.165) is 16.7 Å². The summed E-state index contributed by atoms with van der Waals surface area (Å²) in [5.41, 5.74) is 0. The first-order valence-corrected chi connectivity index (χ1v) is 6.55. The molecule has 0 aromatic carbocycles. The Morgan fingerprint density at radius 1 is 1.65 bits per heavy atom. The molecule has 0 aliphatic carbocycles. The highest BCUT2D eigenvalue weighted by Gasteiger charge is 2.33. The fourth-order valence-electron chi connectivity index (χ4n) is 1.19. The van der Waals surface area contributed by atoms with Crippen LogP contribution in [0.5, 0.6) is 0 Å². The van der Waals surface area contributed by atoms with Gasteiger partial charge in [0.25, 0.3) is 5.91 Å². The minimum Gasteiger partial charge on any atom is -0.480 e. The maximum absolute atomic E-state index is 11.8. The van der Waals surface area contributed by atoms with E-state index in [1.54, 1.807) is 17.7 Å². The number of thioether (sulfide) groups is 1. The molecule has 5 nitrogen and oxygen atoms in total. The molecule has 0 radical (unpaired) electrons. The van der Waals surface area contributed by atoms with Crippen LogP contribution in [0.1, 0.15) is 5.01 Å². The number of aliphatic carboxylic acids is 1. The number of carbonyl (C=O) groups excluding carboxylic acids is 1. The maximum Gasteiger partial charge on any atom is 0.323 e. The summed E-state index contributed by atoms with van der Waals surface area (Å²) in [6.07, 6.45) is 3.25. The Labute approximate surface area is 110 Å². The fraction of sp³-hybridized carbons (Fsp3) is 0.111. The van der Waals surface area contributed by atoms with Gasteiger partial charge in [-0.3, -0.25) is 14.5 Å². The maximum atomic E-state index is 11.8. The lowest BCUT2D eigenvalue weighted by molar-refractivity contribution is -0.140. The van der Waals surface area contributed by atoms with Crippen molar-refractivity contribution < 1.29 is 14.7 Å². The molecule has 2 heterocycles. The predicted octanol–water partition coefficient (Wildman–Crippen LogP) is 1.43. The van der Waals surface area contributed by atoms with Gasteiger partial charge in [-0.05, 0) is 6.08 Å². The molecule has 1 N–H and O–H groups in total. The molecule has 8 heteroatoms. The number of amides is 1. The van der Waals surface area contributed by atoms with Crippen molar-refractivity contribution in [3.8, 4) is 0 Å². The van der Waals surface area contributed by atoms with Gasteiger partial charge in [-0.25, -0.2) is 4.98 Å². The van der Waals surface area contributed by atoms with E-state index in [2.05, 4.69) is 4.98 Å². The minimum absolute atomic E-state index is 0.264. The summed E-state index contributed by atoms with van der Waals surface area (Å²) in [5, 5.41) is 11.2. The summed E-state index contributed by atoms with van der Waals surface area (Å²) in [6.45, 7) is -0.403. The van der Waals surface area contributed by atoms with Crippen molar-refractivity contribution >= 4 is 57.6 Å². The van der Waals surface area contributed by atoms with E-state index < -0.39 is 12.5 Å². The molecule has 0 saturated carbocycles. The number of carboxylic acid groups (broad SMARTS) is 1. The fourth-order valence-corrected chi connectivity index (χ4v) is 3.06. The zero-order chi connectivity index (χ0) is 12.4. The van der Waals surface area contributed by atoms with Crippen LogP contribution < -0.4 is 0 Å². The molecule has 88 valence electrons. The molecule has 1 aromatic rings. The highest BCUT2D eigenvalue weighted by molar-refractivity contribution is 8.26. The standard InChI is InChI=1S/C9H6N2O3S3/c12-7(13)4-11-8(14)5(17-9(11)15)3-6-10-1-2-16-6/h1-3H,4H2,(H,12,13)/b5-3-.